The summed E-state index contributed by atoms with van der Waals surface area (Å²) in [6.45, 7) is 2.73. The molecule has 0 spiro atoms. The van der Waals surface area contributed by atoms with Gasteiger partial charge in [0.15, 0.2) is 11.5 Å². The van der Waals surface area contributed by atoms with Gasteiger partial charge in [-0.2, -0.15) is 0 Å². The summed E-state index contributed by atoms with van der Waals surface area (Å²) >= 11 is 0. The lowest BCUT2D eigenvalue weighted by atomic mass is 10.2. The lowest BCUT2D eigenvalue weighted by Crippen LogP contribution is -2.51. The number of hydrogen-bond donors (Lipinski definition) is 0. The van der Waals surface area contributed by atoms with Crippen LogP contribution >= 0.6 is 0 Å². The van der Waals surface area contributed by atoms with E-state index in [1.165, 1.54) is 52.2 Å². The fourth-order valence-corrected chi connectivity index (χ4v) is 6.05. The van der Waals surface area contributed by atoms with E-state index in [2.05, 4.69) is 17.0 Å². The molecule has 11 heteroatoms. The van der Waals surface area contributed by atoms with E-state index in [9.17, 15) is 13.2 Å². The van der Waals surface area contributed by atoms with Crippen molar-refractivity contribution in [2.75, 3.05) is 65.5 Å². The molecule has 3 aromatic carbocycles. The number of methoxy groups -OCH3 is 4. The van der Waals surface area contributed by atoms with Crippen molar-refractivity contribution in [3.8, 4) is 23.0 Å². The van der Waals surface area contributed by atoms with E-state index in [1.54, 1.807) is 23.1 Å². The number of amides is 1. The van der Waals surface area contributed by atoms with E-state index >= 15 is 0 Å². The molecule has 0 atom stereocenters. The van der Waals surface area contributed by atoms with Gasteiger partial charge >= 0.3 is 0 Å². The van der Waals surface area contributed by atoms with E-state index in [0.717, 1.165) is 10.8 Å². The van der Waals surface area contributed by atoms with Crippen molar-refractivity contribution in [2.45, 2.75) is 11.4 Å². The molecule has 0 radical (unpaired) electrons. The van der Waals surface area contributed by atoms with Crippen molar-refractivity contribution in [1.82, 2.24) is 9.80 Å². The molecule has 0 aliphatic carbocycles. The first kappa shape index (κ1) is 29.0. The zero-order valence-corrected chi connectivity index (χ0v) is 24.0. The van der Waals surface area contributed by atoms with Gasteiger partial charge in [0.25, 0.3) is 10.0 Å². The molecule has 1 heterocycles. The molecule has 1 fully saturated rings. The number of rotatable bonds is 11. The standard InChI is InChI=1S/C29H35N3O7S/c1-36-23-10-12-26(37-2)25(18-23)32(40(34,35)24-11-13-27(38-3)28(19-24)39-4)21-29(33)31-16-14-30(15-17-31)20-22-8-6-5-7-9-22/h5-13,18-19H,14-17,20-21H2,1-4H3. The number of carbonyl (C=O) groups excluding carboxylic acids is 1. The normalized spacial score (nSPS) is 13.9. The van der Waals surface area contributed by atoms with Gasteiger partial charge in [-0.15, -0.1) is 0 Å². The van der Waals surface area contributed by atoms with Crippen LogP contribution in [-0.4, -0.2) is 85.3 Å². The van der Waals surface area contributed by atoms with E-state index in [-0.39, 0.29) is 28.0 Å². The maximum Gasteiger partial charge on any atom is 0.265 e. The van der Waals surface area contributed by atoms with Crippen LogP contribution in [0.3, 0.4) is 0 Å². The van der Waals surface area contributed by atoms with Crippen molar-refractivity contribution in [2.24, 2.45) is 0 Å². The summed E-state index contributed by atoms with van der Waals surface area (Å²) in [7, 11) is 1.58. The summed E-state index contributed by atoms with van der Waals surface area (Å²) in [5.41, 5.74) is 1.40. The second kappa shape index (κ2) is 12.9. The minimum Gasteiger partial charge on any atom is -0.497 e. The van der Waals surface area contributed by atoms with Gasteiger partial charge in [0.1, 0.15) is 18.0 Å². The van der Waals surface area contributed by atoms with Crippen molar-refractivity contribution in [3.05, 3.63) is 72.3 Å². The summed E-state index contributed by atoms with van der Waals surface area (Å²) < 4.78 is 50.7. The van der Waals surface area contributed by atoms with Crippen molar-refractivity contribution >= 4 is 21.6 Å². The SMILES string of the molecule is COc1ccc(OC)c(N(CC(=O)N2CCN(Cc3ccccc3)CC2)S(=O)(=O)c2ccc(OC)c(OC)c2)c1. The summed E-state index contributed by atoms with van der Waals surface area (Å²) in [5, 5.41) is 0. The molecule has 0 saturated carbocycles. The maximum atomic E-state index is 14.1. The molecule has 214 valence electrons. The summed E-state index contributed by atoms with van der Waals surface area (Å²) in [6, 6.07) is 19.3. The fourth-order valence-electron chi connectivity index (χ4n) is 4.62. The van der Waals surface area contributed by atoms with Crippen LogP contribution in [0.2, 0.25) is 0 Å². The third-order valence-corrected chi connectivity index (χ3v) is 8.61. The van der Waals surface area contributed by atoms with Crippen LogP contribution in [0.25, 0.3) is 0 Å². The molecular weight excluding hydrogens is 534 g/mol. The number of hydrogen-bond acceptors (Lipinski definition) is 8. The topological polar surface area (TPSA) is 97.9 Å². The number of piperazine rings is 1. The van der Waals surface area contributed by atoms with E-state index < -0.39 is 16.6 Å². The van der Waals surface area contributed by atoms with Gasteiger partial charge in [-0.1, -0.05) is 30.3 Å². The highest BCUT2D eigenvalue weighted by molar-refractivity contribution is 7.92. The second-order valence-electron chi connectivity index (χ2n) is 9.21. The third kappa shape index (κ3) is 6.43. The van der Waals surface area contributed by atoms with Crippen LogP contribution in [0.15, 0.2) is 71.6 Å². The highest BCUT2D eigenvalue weighted by atomic mass is 32.2. The zero-order chi connectivity index (χ0) is 28.7. The van der Waals surface area contributed by atoms with Gasteiger partial charge in [-0.25, -0.2) is 8.42 Å². The Bertz CT molecular complexity index is 1410. The van der Waals surface area contributed by atoms with Gasteiger partial charge < -0.3 is 23.8 Å². The van der Waals surface area contributed by atoms with Crippen LogP contribution in [-0.2, 0) is 21.4 Å². The number of carbonyl (C=O) groups is 1. The average molecular weight is 570 g/mol. The molecular formula is C29H35N3O7S. The molecule has 0 unspecified atom stereocenters. The predicted molar refractivity (Wildman–Crippen MR) is 152 cm³/mol. The van der Waals surface area contributed by atoms with E-state index in [0.29, 0.717) is 37.7 Å². The van der Waals surface area contributed by atoms with Crippen LogP contribution in [0.4, 0.5) is 5.69 Å². The third-order valence-electron chi connectivity index (χ3n) is 6.85. The Kier molecular flexibility index (Phi) is 9.38. The molecule has 0 bridgehead atoms. The van der Waals surface area contributed by atoms with Gasteiger partial charge in [0.05, 0.1) is 39.0 Å². The fraction of sp³-hybridized carbons (Fsp3) is 0.345. The molecule has 0 aromatic heterocycles. The van der Waals surface area contributed by atoms with Crippen LogP contribution in [0, 0.1) is 0 Å². The monoisotopic (exact) mass is 569 g/mol. The number of anilines is 1. The molecule has 4 rings (SSSR count). The number of nitrogens with zero attached hydrogens (tertiary/aromatic N) is 3. The molecule has 10 nitrogen and oxygen atoms in total. The molecule has 1 aliphatic rings. The molecule has 0 N–H and O–H groups in total. The number of benzene rings is 3. The molecule has 40 heavy (non-hydrogen) atoms. The maximum absolute atomic E-state index is 14.1. The Morgan fingerprint density at radius 3 is 2.05 bits per heavy atom. The Hall–Kier alpha value is -3.96. The highest BCUT2D eigenvalue weighted by Crippen LogP contribution is 2.37. The Balaban J connectivity index is 1.62. The van der Waals surface area contributed by atoms with E-state index in [1.807, 2.05) is 18.2 Å². The lowest BCUT2D eigenvalue weighted by Gasteiger charge is -2.36. The van der Waals surface area contributed by atoms with Crippen LogP contribution in [0.1, 0.15) is 5.56 Å². The Morgan fingerprint density at radius 1 is 0.775 bits per heavy atom. The largest absolute Gasteiger partial charge is 0.497 e. The van der Waals surface area contributed by atoms with Crippen LogP contribution < -0.4 is 23.3 Å². The first-order valence-corrected chi connectivity index (χ1v) is 14.3. The molecule has 1 amide bonds. The lowest BCUT2D eigenvalue weighted by molar-refractivity contribution is -0.131. The van der Waals surface area contributed by atoms with Gasteiger partial charge in [-0.05, 0) is 29.8 Å². The highest BCUT2D eigenvalue weighted by Gasteiger charge is 2.33. The molecule has 1 aliphatic heterocycles. The second-order valence-corrected chi connectivity index (χ2v) is 11.1. The number of sulfonamides is 1. The minimum absolute atomic E-state index is 0.0597. The van der Waals surface area contributed by atoms with Gasteiger partial charge in [0.2, 0.25) is 5.91 Å². The zero-order valence-electron chi connectivity index (χ0n) is 23.2. The summed E-state index contributed by atoms with van der Waals surface area (Å²) in [6.07, 6.45) is 0. The van der Waals surface area contributed by atoms with Gasteiger partial charge in [0, 0.05) is 44.9 Å². The first-order valence-electron chi connectivity index (χ1n) is 12.8. The Morgan fingerprint density at radius 2 is 1.43 bits per heavy atom. The smallest absolute Gasteiger partial charge is 0.265 e. The van der Waals surface area contributed by atoms with Crippen molar-refractivity contribution < 1.29 is 32.2 Å². The minimum atomic E-state index is -4.25. The summed E-state index contributed by atoms with van der Waals surface area (Å²) in [5.74, 6) is 1.03. The van der Waals surface area contributed by atoms with E-state index in [4.69, 9.17) is 18.9 Å². The predicted octanol–water partition coefficient (Wildman–Crippen LogP) is 3.26. The number of ether oxygens (including phenoxy) is 4. The molecule has 1 saturated heterocycles. The van der Waals surface area contributed by atoms with Crippen molar-refractivity contribution in [1.29, 1.82) is 0 Å². The summed E-state index contributed by atoms with van der Waals surface area (Å²) in [4.78, 5) is 17.5. The molecule has 3 aromatic rings. The van der Waals surface area contributed by atoms with Crippen LogP contribution in [0.5, 0.6) is 23.0 Å². The quantitative estimate of drug-likeness (QED) is 0.347. The average Bonchev–Trinajstić information content (AvgIpc) is 2.99. The van der Waals surface area contributed by atoms with Gasteiger partial charge in [-0.3, -0.25) is 14.0 Å². The van der Waals surface area contributed by atoms with Crippen molar-refractivity contribution in [3.63, 3.8) is 0 Å². The first-order chi connectivity index (χ1) is 19.3. The Labute approximate surface area is 235 Å².